The zero-order chi connectivity index (χ0) is 18.9. The summed E-state index contributed by atoms with van der Waals surface area (Å²) in [4.78, 5) is 6.95. The SMILES string of the molecule is CCc1n[nH]c(CN2CCC3(CC2)OCCc2cc(OC)c(OC)cc23)n1. The lowest BCUT2D eigenvalue weighted by Gasteiger charge is -2.45. The Balaban J connectivity index is 1.51. The van der Waals surface area contributed by atoms with Crippen LogP contribution in [0, 0.1) is 0 Å². The van der Waals surface area contributed by atoms with Crippen LogP contribution in [0.4, 0.5) is 0 Å². The van der Waals surface area contributed by atoms with E-state index in [0.717, 1.165) is 75.1 Å². The molecule has 2 aromatic rings. The van der Waals surface area contributed by atoms with Crippen molar-refractivity contribution in [2.45, 2.75) is 44.8 Å². The summed E-state index contributed by atoms with van der Waals surface area (Å²) in [6.07, 6.45) is 3.70. The lowest BCUT2D eigenvalue weighted by atomic mass is 9.79. The third-order valence-electron chi connectivity index (χ3n) is 5.78. The second-order valence-electron chi connectivity index (χ2n) is 7.29. The fourth-order valence-corrected chi connectivity index (χ4v) is 4.25. The van der Waals surface area contributed by atoms with E-state index in [0.29, 0.717) is 0 Å². The number of nitrogens with one attached hydrogen (secondary N) is 1. The molecule has 0 atom stereocenters. The highest BCUT2D eigenvalue weighted by molar-refractivity contribution is 5.50. The number of piperidine rings is 1. The molecule has 4 rings (SSSR count). The Labute approximate surface area is 160 Å². The lowest BCUT2D eigenvalue weighted by Crippen LogP contribution is -2.46. The average molecular weight is 372 g/mol. The standard InChI is InChI=1S/C20H28N4O3/c1-4-18-21-19(23-22-18)13-24-8-6-20(7-9-24)15-12-17(26-3)16(25-2)11-14(15)5-10-27-20/h11-12H,4-10,13H2,1-3H3,(H,21,22,23). The van der Waals surface area contributed by atoms with E-state index >= 15 is 0 Å². The normalized spacial score (nSPS) is 19.1. The van der Waals surface area contributed by atoms with Gasteiger partial charge in [-0.1, -0.05) is 6.92 Å². The number of methoxy groups -OCH3 is 2. The highest BCUT2D eigenvalue weighted by atomic mass is 16.5. The Morgan fingerprint density at radius 3 is 2.59 bits per heavy atom. The van der Waals surface area contributed by atoms with Gasteiger partial charge in [0.1, 0.15) is 11.6 Å². The van der Waals surface area contributed by atoms with Gasteiger partial charge in [0, 0.05) is 19.5 Å². The number of aromatic amines is 1. The molecule has 0 unspecified atom stereocenters. The van der Waals surface area contributed by atoms with Crippen molar-refractivity contribution < 1.29 is 14.2 Å². The number of likely N-dealkylation sites (tertiary alicyclic amines) is 1. The van der Waals surface area contributed by atoms with Crippen LogP contribution in [0.5, 0.6) is 11.5 Å². The third-order valence-corrected chi connectivity index (χ3v) is 5.78. The van der Waals surface area contributed by atoms with Crippen molar-refractivity contribution in [1.29, 1.82) is 0 Å². The number of hydrogen-bond acceptors (Lipinski definition) is 6. The van der Waals surface area contributed by atoms with E-state index in [9.17, 15) is 0 Å². The van der Waals surface area contributed by atoms with Crippen molar-refractivity contribution in [2.24, 2.45) is 0 Å². The van der Waals surface area contributed by atoms with E-state index in [4.69, 9.17) is 14.2 Å². The molecule has 1 aromatic carbocycles. The number of benzene rings is 1. The summed E-state index contributed by atoms with van der Waals surface area (Å²) in [5.74, 6) is 3.39. The molecule has 2 aliphatic rings. The molecule has 7 heteroatoms. The third kappa shape index (κ3) is 3.41. The molecule has 1 spiro atoms. The highest BCUT2D eigenvalue weighted by Crippen LogP contribution is 2.45. The van der Waals surface area contributed by atoms with E-state index in [2.05, 4.69) is 39.1 Å². The molecule has 1 N–H and O–H groups in total. The highest BCUT2D eigenvalue weighted by Gasteiger charge is 2.41. The van der Waals surface area contributed by atoms with Crippen molar-refractivity contribution in [3.8, 4) is 11.5 Å². The fraction of sp³-hybridized carbons (Fsp3) is 0.600. The number of hydrogen-bond donors (Lipinski definition) is 1. The number of aromatic nitrogens is 3. The molecule has 0 aliphatic carbocycles. The van der Waals surface area contributed by atoms with Crippen molar-refractivity contribution in [3.05, 3.63) is 34.9 Å². The second-order valence-corrected chi connectivity index (χ2v) is 7.29. The molecule has 1 aromatic heterocycles. The van der Waals surface area contributed by atoms with Crippen LogP contribution in [0.15, 0.2) is 12.1 Å². The van der Waals surface area contributed by atoms with Crippen LogP contribution in [-0.2, 0) is 29.7 Å². The molecular formula is C20H28N4O3. The van der Waals surface area contributed by atoms with Crippen LogP contribution in [0.2, 0.25) is 0 Å². The first-order valence-electron chi connectivity index (χ1n) is 9.69. The van der Waals surface area contributed by atoms with E-state index in [1.807, 2.05) is 0 Å². The summed E-state index contributed by atoms with van der Waals surface area (Å²) in [5.41, 5.74) is 2.36. The smallest absolute Gasteiger partial charge is 0.161 e. The van der Waals surface area contributed by atoms with Crippen LogP contribution in [0.1, 0.15) is 42.5 Å². The van der Waals surface area contributed by atoms with Gasteiger partial charge in [0.15, 0.2) is 11.5 Å². The first kappa shape index (κ1) is 18.3. The van der Waals surface area contributed by atoms with Gasteiger partial charge >= 0.3 is 0 Å². The van der Waals surface area contributed by atoms with Crippen LogP contribution >= 0.6 is 0 Å². The molecule has 27 heavy (non-hydrogen) atoms. The van der Waals surface area contributed by atoms with Gasteiger partial charge in [-0.25, -0.2) is 4.98 Å². The molecule has 0 radical (unpaired) electrons. The molecule has 2 aliphatic heterocycles. The van der Waals surface area contributed by atoms with E-state index < -0.39 is 0 Å². The predicted molar refractivity (Wildman–Crippen MR) is 101 cm³/mol. The summed E-state index contributed by atoms with van der Waals surface area (Å²) >= 11 is 0. The van der Waals surface area contributed by atoms with Crippen molar-refractivity contribution in [3.63, 3.8) is 0 Å². The van der Waals surface area contributed by atoms with E-state index in [-0.39, 0.29) is 5.60 Å². The predicted octanol–water partition coefficient (Wildman–Crippen LogP) is 2.45. The maximum atomic E-state index is 6.37. The first-order chi connectivity index (χ1) is 13.2. The van der Waals surface area contributed by atoms with Gasteiger partial charge in [0.05, 0.1) is 33.0 Å². The van der Waals surface area contributed by atoms with Gasteiger partial charge in [-0.3, -0.25) is 10.00 Å². The summed E-state index contributed by atoms with van der Waals surface area (Å²) in [6, 6.07) is 4.23. The molecule has 0 bridgehead atoms. The number of ether oxygens (including phenoxy) is 3. The van der Waals surface area contributed by atoms with Crippen molar-refractivity contribution in [1.82, 2.24) is 20.1 Å². The maximum absolute atomic E-state index is 6.37. The van der Waals surface area contributed by atoms with Crippen LogP contribution in [0.25, 0.3) is 0 Å². The Kier molecular flexibility index (Phi) is 5.06. The van der Waals surface area contributed by atoms with Gasteiger partial charge in [0.25, 0.3) is 0 Å². The minimum absolute atomic E-state index is 0.223. The quantitative estimate of drug-likeness (QED) is 0.869. The zero-order valence-electron chi connectivity index (χ0n) is 16.4. The average Bonchev–Trinajstić information content (AvgIpc) is 3.17. The molecule has 146 valence electrons. The number of fused-ring (bicyclic) bond motifs is 2. The first-order valence-corrected chi connectivity index (χ1v) is 9.69. The Morgan fingerprint density at radius 1 is 1.19 bits per heavy atom. The minimum Gasteiger partial charge on any atom is -0.493 e. The summed E-state index contributed by atoms with van der Waals surface area (Å²) < 4.78 is 17.4. The zero-order valence-corrected chi connectivity index (χ0v) is 16.4. The van der Waals surface area contributed by atoms with Crippen molar-refractivity contribution >= 4 is 0 Å². The van der Waals surface area contributed by atoms with Gasteiger partial charge in [0.2, 0.25) is 0 Å². The van der Waals surface area contributed by atoms with Crippen molar-refractivity contribution in [2.75, 3.05) is 33.9 Å². The largest absolute Gasteiger partial charge is 0.493 e. The van der Waals surface area contributed by atoms with E-state index in [1.165, 1.54) is 11.1 Å². The van der Waals surface area contributed by atoms with Gasteiger partial charge < -0.3 is 14.2 Å². The number of aryl methyl sites for hydroxylation is 1. The molecule has 3 heterocycles. The number of nitrogens with zero attached hydrogens (tertiary/aromatic N) is 3. The summed E-state index contributed by atoms with van der Waals surface area (Å²) in [5, 5.41) is 7.29. The fourth-order valence-electron chi connectivity index (χ4n) is 4.25. The summed E-state index contributed by atoms with van der Waals surface area (Å²) in [6.45, 7) is 5.57. The molecular weight excluding hydrogens is 344 g/mol. The summed E-state index contributed by atoms with van der Waals surface area (Å²) in [7, 11) is 3.37. The number of rotatable bonds is 5. The molecule has 7 nitrogen and oxygen atoms in total. The second kappa shape index (κ2) is 7.48. The molecule has 0 saturated carbocycles. The van der Waals surface area contributed by atoms with Gasteiger partial charge in [-0.05, 0) is 42.5 Å². The van der Waals surface area contributed by atoms with Crippen LogP contribution in [-0.4, -0.2) is 54.0 Å². The molecule has 1 fully saturated rings. The Bertz CT molecular complexity index is 797. The topological polar surface area (TPSA) is 72.5 Å². The molecule has 0 amide bonds. The van der Waals surface area contributed by atoms with Crippen LogP contribution in [0.3, 0.4) is 0 Å². The van der Waals surface area contributed by atoms with E-state index in [1.54, 1.807) is 14.2 Å². The minimum atomic E-state index is -0.223. The molecule has 1 saturated heterocycles. The number of H-pyrrole nitrogens is 1. The monoisotopic (exact) mass is 372 g/mol. The van der Waals surface area contributed by atoms with Gasteiger partial charge in [-0.15, -0.1) is 0 Å². The van der Waals surface area contributed by atoms with Crippen LogP contribution < -0.4 is 9.47 Å². The lowest BCUT2D eigenvalue weighted by molar-refractivity contribution is -0.0992. The Hall–Kier alpha value is -2.12. The Morgan fingerprint density at radius 2 is 1.93 bits per heavy atom. The van der Waals surface area contributed by atoms with Gasteiger partial charge in [-0.2, -0.15) is 5.10 Å². The maximum Gasteiger partial charge on any atom is 0.161 e.